The number of carboxylic acids is 1. The summed E-state index contributed by atoms with van der Waals surface area (Å²) in [7, 11) is 0. The quantitative estimate of drug-likeness (QED) is 0.290. The van der Waals surface area contributed by atoms with Crippen molar-refractivity contribution >= 4 is 5.97 Å². The number of tetrazole rings is 1. The van der Waals surface area contributed by atoms with Crippen LogP contribution in [0.15, 0.2) is 53.3 Å². The molecule has 0 saturated heterocycles. The third-order valence-electron chi connectivity index (χ3n) is 8.49. The zero-order valence-electron chi connectivity index (χ0n) is 22.9. The van der Waals surface area contributed by atoms with Crippen LogP contribution in [0.1, 0.15) is 75.7 Å². The van der Waals surface area contributed by atoms with Gasteiger partial charge in [0.2, 0.25) is 5.82 Å². The van der Waals surface area contributed by atoms with Crippen LogP contribution in [-0.4, -0.2) is 41.1 Å². The van der Waals surface area contributed by atoms with E-state index in [0.29, 0.717) is 31.6 Å². The molecular weight excluding hydrogens is 492 g/mol. The van der Waals surface area contributed by atoms with Gasteiger partial charge in [-0.05, 0) is 54.0 Å². The van der Waals surface area contributed by atoms with Crippen molar-refractivity contribution in [3.63, 3.8) is 0 Å². The number of aromatic nitrogens is 6. The Morgan fingerprint density at radius 3 is 2.41 bits per heavy atom. The molecule has 1 aliphatic heterocycles. The molecular formula is C30H36N6O3. The van der Waals surface area contributed by atoms with Crippen LogP contribution in [0.2, 0.25) is 0 Å². The Morgan fingerprint density at radius 2 is 1.79 bits per heavy atom. The Labute approximate surface area is 227 Å². The van der Waals surface area contributed by atoms with E-state index in [1.807, 2.05) is 42.8 Å². The minimum Gasteiger partial charge on any atom is -0.481 e. The maximum Gasteiger partial charge on any atom is 0.311 e. The molecule has 0 saturated carbocycles. The lowest BCUT2D eigenvalue weighted by atomic mass is 9.73. The largest absolute Gasteiger partial charge is 0.481 e. The SMILES string of the molecule is CCCc1c(Cc2ccc(-c3ccccc3-c3nn[nH]n3)cc2)c(=O)n2n1C(C(CC)(CC)C(=O)O)CCC2. The zero-order chi connectivity index (χ0) is 27.6. The van der Waals surface area contributed by atoms with Crippen LogP contribution < -0.4 is 5.56 Å². The average Bonchev–Trinajstić information content (AvgIpc) is 3.59. The van der Waals surface area contributed by atoms with E-state index in [-0.39, 0.29) is 11.6 Å². The predicted octanol–water partition coefficient (Wildman–Crippen LogP) is 5.27. The van der Waals surface area contributed by atoms with Gasteiger partial charge in [-0.1, -0.05) is 75.7 Å². The Hall–Kier alpha value is -4.01. The second-order valence-electron chi connectivity index (χ2n) is 10.4. The molecule has 9 heteroatoms. The highest BCUT2D eigenvalue weighted by Crippen LogP contribution is 2.44. The first-order valence-electron chi connectivity index (χ1n) is 13.9. The minimum atomic E-state index is -0.888. The predicted molar refractivity (Wildman–Crippen MR) is 149 cm³/mol. The summed E-state index contributed by atoms with van der Waals surface area (Å²) in [6.45, 7) is 6.64. The fourth-order valence-corrected chi connectivity index (χ4v) is 6.35. The van der Waals surface area contributed by atoms with Gasteiger partial charge in [0.25, 0.3) is 5.56 Å². The van der Waals surface area contributed by atoms with Gasteiger partial charge in [0, 0.05) is 29.8 Å². The molecule has 0 bridgehead atoms. The number of hydrogen-bond donors (Lipinski definition) is 2. The van der Waals surface area contributed by atoms with E-state index in [1.54, 1.807) is 0 Å². The third-order valence-corrected chi connectivity index (χ3v) is 8.49. The van der Waals surface area contributed by atoms with Crippen LogP contribution in [0.25, 0.3) is 22.5 Å². The molecule has 4 aromatic rings. The minimum absolute atomic E-state index is 0.0150. The lowest BCUT2D eigenvalue weighted by molar-refractivity contribution is -0.154. The molecule has 0 aliphatic carbocycles. The second kappa shape index (κ2) is 11.0. The number of rotatable bonds is 10. The highest BCUT2D eigenvalue weighted by molar-refractivity contribution is 5.80. The summed E-state index contributed by atoms with van der Waals surface area (Å²) in [5, 5.41) is 24.8. The van der Waals surface area contributed by atoms with E-state index in [1.165, 1.54) is 0 Å². The van der Waals surface area contributed by atoms with Crippen molar-refractivity contribution in [1.29, 1.82) is 0 Å². The number of fused-ring (bicyclic) bond motifs is 1. The van der Waals surface area contributed by atoms with Crippen molar-refractivity contribution in [2.24, 2.45) is 5.41 Å². The van der Waals surface area contributed by atoms with E-state index < -0.39 is 11.4 Å². The number of aliphatic carboxylic acids is 1. The van der Waals surface area contributed by atoms with Crippen LogP contribution in [0.3, 0.4) is 0 Å². The van der Waals surface area contributed by atoms with Gasteiger partial charge < -0.3 is 5.11 Å². The van der Waals surface area contributed by atoms with Crippen LogP contribution in [0, 0.1) is 5.41 Å². The van der Waals surface area contributed by atoms with E-state index in [2.05, 4.69) is 56.5 Å². The van der Waals surface area contributed by atoms with Gasteiger partial charge in [-0.2, -0.15) is 5.21 Å². The number of nitrogens with one attached hydrogen (secondary N) is 1. The van der Waals surface area contributed by atoms with Crippen molar-refractivity contribution in [2.45, 2.75) is 78.3 Å². The number of carbonyl (C=O) groups is 1. The van der Waals surface area contributed by atoms with Crippen molar-refractivity contribution < 1.29 is 9.90 Å². The van der Waals surface area contributed by atoms with E-state index in [0.717, 1.165) is 59.2 Å². The monoisotopic (exact) mass is 528 g/mol. The average molecular weight is 529 g/mol. The fourth-order valence-electron chi connectivity index (χ4n) is 6.35. The fraction of sp³-hybridized carbons (Fsp3) is 0.433. The summed E-state index contributed by atoms with van der Waals surface area (Å²) >= 11 is 0. The number of H-pyrrole nitrogens is 1. The molecule has 0 spiro atoms. The van der Waals surface area contributed by atoms with Crippen LogP contribution in [0.5, 0.6) is 0 Å². The first-order valence-corrected chi connectivity index (χ1v) is 13.9. The summed E-state index contributed by atoms with van der Waals surface area (Å²) in [5.74, 6) is -0.231. The van der Waals surface area contributed by atoms with Gasteiger partial charge in [0.05, 0.1) is 11.5 Å². The molecule has 0 amide bonds. The van der Waals surface area contributed by atoms with Gasteiger partial charge in [-0.15, -0.1) is 10.2 Å². The summed E-state index contributed by atoms with van der Waals surface area (Å²) < 4.78 is 3.91. The highest BCUT2D eigenvalue weighted by atomic mass is 16.4. The lowest BCUT2D eigenvalue weighted by Crippen LogP contribution is -2.44. The lowest BCUT2D eigenvalue weighted by Gasteiger charge is -2.41. The molecule has 1 aliphatic rings. The van der Waals surface area contributed by atoms with Crippen LogP contribution in [-0.2, 0) is 24.2 Å². The molecule has 2 N–H and O–H groups in total. The molecule has 0 radical (unpaired) electrons. The summed E-state index contributed by atoms with van der Waals surface area (Å²) in [4.78, 5) is 26.3. The van der Waals surface area contributed by atoms with E-state index >= 15 is 0 Å². The Kier molecular flexibility index (Phi) is 7.50. The summed E-state index contributed by atoms with van der Waals surface area (Å²) in [5.41, 5.74) is 4.87. The normalized spacial score (nSPS) is 15.3. The summed E-state index contributed by atoms with van der Waals surface area (Å²) in [6, 6.07) is 16.0. The number of carboxylic acid groups (broad SMARTS) is 1. The molecule has 0 fully saturated rings. The molecule has 1 atom stereocenters. The smallest absolute Gasteiger partial charge is 0.311 e. The highest BCUT2D eigenvalue weighted by Gasteiger charge is 2.46. The van der Waals surface area contributed by atoms with Crippen molar-refractivity contribution in [3.05, 3.63) is 75.7 Å². The zero-order valence-corrected chi connectivity index (χ0v) is 22.9. The molecule has 1 unspecified atom stereocenters. The first kappa shape index (κ1) is 26.6. The maximum atomic E-state index is 13.8. The molecule has 2 aromatic carbocycles. The van der Waals surface area contributed by atoms with Crippen molar-refractivity contribution in [2.75, 3.05) is 0 Å². The first-order chi connectivity index (χ1) is 18.9. The Balaban J connectivity index is 1.52. The van der Waals surface area contributed by atoms with Crippen molar-refractivity contribution in [1.82, 2.24) is 30.0 Å². The Bertz CT molecular complexity index is 1500. The molecule has 39 heavy (non-hydrogen) atoms. The van der Waals surface area contributed by atoms with E-state index in [9.17, 15) is 14.7 Å². The third kappa shape index (κ3) is 4.60. The van der Waals surface area contributed by atoms with Crippen LogP contribution >= 0.6 is 0 Å². The van der Waals surface area contributed by atoms with Gasteiger partial charge in [0.15, 0.2) is 0 Å². The number of benzene rings is 2. The Morgan fingerprint density at radius 1 is 1.08 bits per heavy atom. The van der Waals surface area contributed by atoms with Gasteiger partial charge in [0.1, 0.15) is 0 Å². The van der Waals surface area contributed by atoms with Crippen LogP contribution in [0.4, 0.5) is 0 Å². The second-order valence-corrected chi connectivity index (χ2v) is 10.4. The maximum absolute atomic E-state index is 13.8. The molecule has 3 heterocycles. The topological polar surface area (TPSA) is 119 Å². The number of nitrogens with zero attached hydrogens (tertiary/aromatic N) is 5. The van der Waals surface area contributed by atoms with Gasteiger partial charge in [-0.25, -0.2) is 4.68 Å². The van der Waals surface area contributed by atoms with E-state index in [4.69, 9.17) is 0 Å². The van der Waals surface area contributed by atoms with Gasteiger partial charge >= 0.3 is 5.97 Å². The van der Waals surface area contributed by atoms with Crippen molar-refractivity contribution in [3.8, 4) is 22.5 Å². The molecule has 204 valence electrons. The summed E-state index contributed by atoms with van der Waals surface area (Å²) in [6.07, 6.45) is 4.78. The molecule has 9 nitrogen and oxygen atoms in total. The number of aromatic amines is 1. The standard InChI is InChI=1S/C30H36N6O3/c1-4-10-25-24(28(37)35-18-9-13-26(36(25)35)30(5-2,6-3)29(38)39)19-20-14-16-21(17-15-20)22-11-7-8-12-23(22)27-31-33-34-32-27/h7-8,11-12,14-17,26H,4-6,9-10,13,18-19H2,1-3H3,(H,38,39)(H,31,32,33,34). The van der Waals surface area contributed by atoms with Gasteiger partial charge in [-0.3, -0.25) is 14.3 Å². The molecule has 5 rings (SSSR count). The number of hydrogen-bond acceptors (Lipinski definition) is 5. The molecule has 2 aromatic heterocycles.